The van der Waals surface area contributed by atoms with Gasteiger partial charge in [0.25, 0.3) is 0 Å². The van der Waals surface area contributed by atoms with Gasteiger partial charge >= 0.3 is 0 Å². The molecule has 0 saturated carbocycles. The first kappa shape index (κ1) is 16.0. The summed E-state index contributed by atoms with van der Waals surface area (Å²) < 4.78 is 0. The molecule has 0 bridgehead atoms. The van der Waals surface area contributed by atoms with E-state index in [4.69, 9.17) is 0 Å². The second kappa shape index (κ2) is 7.49. The zero-order chi connectivity index (χ0) is 13.7. The molecule has 2 atom stereocenters. The van der Waals surface area contributed by atoms with Gasteiger partial charge in [0, 0.05) is 25.2 Å². The molecule has 0 aliphatic carbocycles. The van der Waals surface area contributed by atoms with E-state index >= 15 is 0 Å². The van der Waals surface area contributed by atoms with Gasteiger partial charge in [0.15, 0.2) is 0 Å². The van der Waals surface area contributed by atoms with E-state index in [1.165, 1.54) is 32.5 Å². The van der Waals surface area contributed by atoms with Crippen molar-refractivity contribution in [3.63, 3.8) is 0 Å². The predicted molar refractivity (Wildman–Crippen MR) is 80.9 cm³/mol. The molecule has 1 aliphatic heterocycles. The van der Waals surface area contributed by atoms with E-state index in [1.54, 1.807) is 0 Å². The van der Waals surface area contributed by atoms with Crippen LogP contribution < -0.4 is 5.32 Å². The van der Waals surface area contributed by atoms with Crippen LogP contribution in [0.25, 0.3) is 0 Å². The monoisotopic (exact) mass is 254 g/mol. The minimum absolute atomic E-state index is 0.680. The lowest BCUT2D eigenvalue weighted by atomic mass is 9.93. The van der Waals surface area contributed by atoms with Crippen molar-refractivity contribution in [2.24, 2.45) is 17.8 Å². The molecule has 0 aromatic carbocycles. The second-order valence-electron chi connectivity index (χ2n) is 7.10. The number of rotatable bonds is 6. The van der Waals surface area contributed by atoms with Gasteiger partial charge in [-0.1, -0.05) is 41.5 Å². The highest BCUT2D eigenvalue weighted by Crippen LogP contribution is 2.19. The van der Waals surface area contributed by atoms with Crippen molar-refractivity contribution in [2.75, 3.05) is 19.6 Å². The van der Waals surface area contributed by atoms with Crippen LogP contribution in [0.1, 0.15) is 54.4 Å². The summed E-state index contributed by atoms with van der Waals surface area (Å²) in [4.78, 5) is 2.74. The van der Waals surface area contributed by atoms with Crippen LogP contribution in [0.15, 0.2) is 0 Å². The fourth-order valence-electron chi connectivity index (χ4n) is 2.92. The van der Waals surface area contributed by atoms with Gasteiger partial charge in [0.05, 0.1) is 0 Å². The first-order valence-electron chi connectivity index (χ1n) is 7.89. The Morgan fingerprint density at radius 2 is 1.72 bits per heavy atom. The van der Waals surface area contributed by atoms with E-state index in [0.29, 0.717) is 6.04 Å². The third-order valence-corrected chi connectivity index (χ3v) is 4.29. The minimum atomic E-state index is 0.680. The number of hydrogen-bond donors (Lipinski definition) is 1. The highest BCUT2D eigenvalue weighted by atomic mass is 15.2. The third-order valence-electron chi connectivity index (χ3n) is 4.29. The molecule has 1 rings (SSSR count). The average Bonchev–Trinajstić information content (AvgIpc) is 2.27. The van der Waals surface area contributed by atoms with Crippen LogP contribution in [-0.2, 0) is 0 Å². The van der Waals surface area contributed by atoms with Gasteiger partial charge in [0.2, 0.25) is 0 Å². The molecule has 1 aliphatic rings. The maximum atomic E-state index is 3.74. The first-order chi connectivity index (χ1) is 8.41. The van der Waals surface area contributed by atoms with Gasteiger partial charge in [-0.2, -0.15) is 0 Å². The molecule has 2 heteroatoms. The summed E-state index contributed by atoms with van der Waals surface area (Å²) in [7, 11) is 0. The van der Waals surface area contributed by atoms with Crippen LogP contribution in [0.3, 0.4) is 0 Å². The molecule has 108 valence electrons. The van der Waals surface area contributed by atoms with Crippen LogP contribution in [0.4, 0.5) is 0 Å². The van der Waals surface area contributed by atoms with Gasteiger partial charge in [-0.05, 0) is 37.1 Å². The predicted octanol–water partition coefficient (Wildman–Crippen LogP) is 3.38. The van der Waals surface area contributed by atoms with Crippen molar-refractivity contribution in [3.8, 4) is 0 Å². The van der Waals surface area contributed by atoms with Crippen molar-refractivity contribution < 1.29 is 0 Å². The van der Waals surface area contributed by atoms with Crippen LogP contribution in [-0.4, -0.2) is 36.6 Å². The molecule has 2 nitrogen and oxygen atoms in total. The van der Waals surface area contributed by atoms with Crippen LogP contribution in [0, 0.1) is 17.8 Å². The molecule has 1 heterocycles. The molecular weight excluding hydrogens is 220 g/mol. The lowest BCUT2D eigenvalue weighted by Gasteiger charge is -2.44. The van der Waals surface area contributed by atoms with E-state index in [0.717, 1.165) is 23.8 Å². The van der Waals surface area contributed by atoms with Crippen molar-refractivity contribution in [2.45, 2.75) is 66.5 Å². The van der Waals surface area contributed by atoms with Gasteiger partial charge in [-0.3, -0.25) is 4.90 Å². The number of hydrogen-bond acceptors (Lipinski definition) is 2. The van der Waals surface area contributed by atoms with E-state index < -0.39 is 0 Å². The Balaban J connectivity index is 2.49. The molecule has 1 N–H and O–H groups in total. The lowest BCUT2D eigenvalue weighted by Crippen LogP contribution is -2.59. The number of nitrogens with zero attached hydrogens (tertiary/aromatic N) is 1. The third kappa shape index (κ3) is 4.89. The molecule has 0 amide bonds. The van der Waals surface area contributed by atoms with Crippen LogP contribution >= 0.6 is 0 Å². The van der Waals surface area contributed by atoms with Crippen LogP contribution in [0.5, 0.6) is 0 Å². The normalized spacial score (nSPS) is 26.5. The maximum Gasteiger partial charge on any atom is 0.0244 e. The summed E-state index contributed by atoms with van der Waals surface area (Å²) in [6, 6.07) is 1.41. The SMILES string of the molecule is CC(C)CCCN1CC(C(C)C)NCC1C(C)C. The van der Waals surface area contributed by atoms with E-state index in [-0.39, 0.29) is 0 Å². The summed E-state index contributed by atoms with van der Waals surface area (Å²) >= 11 is 0. The molecule has 1 saturated heterocycles. The number of piperazine rings is 1. The molecule has 1 fully saturated rings. The Hall–Kier alpha value is -0.0800. The molecule has 0 aromatic heterocycles. The molecule has 0 radical (unpaired) electrons. The van der Waals surface area contributed by atoms with Crippen LogP contribution in [0.2, 0.25) is 0 Å². The van der Waals surface area contributed by atoms with Crippen molar-refractivity contribution in [1.82, 2.24) is 10.2 Å². The highest BCUT2D eigenvalue weighted by molar-refractivity contribution is 4.88. The first-order valence-corrected chi connectivity index (χ1v) is 7.89. The maximum absolute atomic E-state index is 3.74. The lowest BCUT2D eigenvalue weighted by molar-refractivity contribution is 0.0826. The molecule has 18 heavy (non-hydrogen) atoms. The topological polar surface area (TPSA) is 15.3 Å². The zero-order valence-electron chi connectivity index (χ0n) is 13.4. The van der Waals surface area contributed by atoms with E-state index in [1.807, 2.05) is 0 Å². The fourth-order valence-corrected chi connectivity index (χ4v) is 2.92. The average molecular weight is 254 g/mol. The Labute approximate surface area is 115 Å². The van der Waals surface area contributed by atoms with Gasteiger partial charge in [-0.25, -0.2) is 0 Å². The Kier molecular flexibility index (Phi) is 6.65. The zero-order valence-corrected chi connectivity index (χ0v) is 13.4. The Morgan fingerprint density at radius 1 is 1.06 bits per heavy atom. The largest absolute Gasteiger partial charge is 0.311 e. The van der Waals surface area contributed by atoms with E-state index in [9.17, 15) is 0 Å². The molecule has 0 aromatic rings. The van der Waals surface area contributed by atoms with Gasteiger partial charge in [0.1, 0.15) is 0 Å². The highest BCUT2D eigenvalue weighted by Gasteiger charge is 2.30. The second-order valence-corrected chi connectivity index (χ2v) is 7.10. The molecule has 2 unspecified atom stereocenters. The standard InChI is InChI=1S/C16H34N2/c1-12(2)8-7-9-18-11-15(13(3)4)17-10-16(18)14(5)6/h12-17H,7-11H2,1-6H3. The smallest absolute Gasteiger partial charge is 0.0244 e. The van der Waals surface area contributed by atoms with Gasteiger partial charge < -0.3 is 5.32 Å². The van der Waals surface area contributed by atoms with Crippen molar-refractivity contribution in [3.05, 3.63) is 0 Å². The van der Waals surface area contributed by atoms with Gasteiger partial charge in [-0.15, -0.1) is 0 Å². The molecular formula is C16H34N2. The number of nitrogens with one attached hydrogen (secondary N) is 1. The Morgan fingerprint density at radius 3 is 2.22 bits per heavy atom. The van der Waals surface area contributed by atoms with Crippen molar-refractivity contribution in [1.29, 1.82) is 0 Å². The van der Waals surface area contributed by atoms with E-state index in [2.05, 4.69) is 51.8 Å². The summed E-state index contributed by atoms with van der Waals surface area (Å²) in [5, 5.41) is 3.74. The summed E-state index contributed by atoms with van der Waals surface area (Å²) in [5.74, 6) is 2.33. The quantitative estimate of drug-likeness (QED) is 0.782. The summed E-state index contributed by atoms with van der Waals surface area (Å²) in [6.45, 7) is 17.7. The Bertz CT molecular complexity index is 223. The minimum Gasteiger partial charge on any atom is -0.311 e. The summed E-state index contributed by atoms with van der Waals surface area (Å²) in [6.07, 6.45) is 2.72. The van der Waals surface area contributed by atoms with Crippen molar-refractivity contribution >= 4 is 0 Å². The summed E-state index contributed by atoms with van der Waals surface area (Å²) in [5.41, 5.74) is 0. The fraction of sp³-hybridized carbons (Fsp3) is 1.00. The molecule has 0 spiro atoms.